The lowest BCUT2D eigenvalue weighted by Gasteiger charge is -2.32. The Morgan fingerprint density at radius 2 is 1.88 bits per heavy atom. The van der Waals surface area contributed by atoms with E-state index in [9.17, 15) is 13.6 Å². The van der Waals surface area contributed by atoms with Crippen LogP contribution in [-0.2, 0) is 10.5 Å². The van der Waals surface area contributed by atoms with Gasteiger partial charge in [0.05, 0.1) is 5.03 Å². The van der Waals surface area contributed by atoms with Crippen molar-refractivity contribution in [2.24, 2.45) is 11.3 Å². The number of aromatic nitrogens is 1. The summed E-state index contributed by atoms with van der Waals surface area (Å²) in [6.45, 7) is 14.7. The summed E-state index contributed by atoms with van der Waals surface area (Å²) in [6.07, 6.45) is 10.5. The van der Waals surface area contributed by atoms with Crippen molar-refractivity contribution in [3.05, 3.63) is 59.3 Å². The molecule has 41 heavy (non-hydrogen) atoms. The number of benzene rings is 1. The topological polar surface area (TPSA) is 42.0 Å². The molecule has 1 amide bonds. The van der Waals surface area contributed by atoms with Crippen molar-refractivity contribution < 1.29 is 13.6 Å². The summed E-state index contributed by atoms with van der Waals surface area (Å²) in [5.41, 5.74) is 0.840. The number of alkyl halides is 2. The van der Waals surface area contributed by atoms with Crippen molar-refractivity contribution in [3.63, 3.8) is 0 Å². The van der Waals surface area contributed by atoms with Gasteiger partial charge in [0.25, 0.3) is 5.66 Å². The minimum atomic E-state index is -2.96. The van der Waals surface area contributed by atoms with E-state index in [-0.39, 0.29) is 17.4 Å². The lowest BCUT2D eigenvalue weighted by Crippen LogP contribution is -2.40. The number of nitrogens with one attached hydrogen (secondary N) is 1. The molecule has 1 aliphatic heterocycles. The van der Waals surface area contributed by atoms with Gasteiger partial charge in [0.15, 0.2) is 0 Å². The molecule has 0 spiro atoms. The number of pyridine rings is 1. The standard InChI is InChI=1S/C24H36F2NOP.C9H12BNS/c1-6-13-23(7-2,14-12-16(3)4)22(28)27-17(5)20-11-10-19(24(25,26)29)15-21(20)18-8-9-18;1-7-5-8(10)6-11-9(7)12(2)3-4-12/h10-11,15-16,18H,5-9,12-14,29H2,1-4H3,(H,27,28);5-6H,3-4H2,1-2H3. The van der Waals surface area contributed by atoms with Crippen molar-refractivity contribution in [1.29, 1.82) is 0 Å². The number of hydrogen-bond acceptors (Lipinski definition) is 2. The van der Waals surface area contributed by atoms with E-state index in [2.05, 4.69) is 57.8 Å². The molecule has 2 aliphatic rings. The van der Waals surface area contributed by atoms with Crippen LogP contribution >= 0.6 is 19.3 Å². The molecule has 2 aromatic rings. The second-order valence-electron chi connectivity index (χ2n) is 12.5. The van der Waals surface area contributed by atoms with E-state index in [4.69, 9.17) is 7.85 Å². The minimum Gasteiger partial charge on any atom is -0.326 e. The molecule has 1 N–H and O–H groups in total. The molecular weight excluding hydrogens is 552 g/mol. The molecule has 1 saturated carbocycles. The summed E-state index contributed by atoms with van der Waals surface area (Å²) in [5, 5.41) is 4.37. The van der Waals surface area contributed by atoms with Gasteiger partial charge in [-0.1, -0.05) is 73.6 Å². The van der Waals surface area contributed by atoms with Crippen LogP contribution in [0.15, 0.2) is 42.1 Å². The summed E-state index contributed by atoms with van der Waals surface area (Å²) < 4.78 is 27.5. The molecular formula is C33H48BF2N2OPS. The summed E-state index contributed by atoms with van der Waals surface area (Å²) in [5.74, 6) is 3.53. The van der Waals surface area contributed by atoms with Crippen LogP contribution in [0.2, 0.25) is 0 Å². The van der Waals surface area contributed by atoms with Crippen LogP contribution < -0.4 is 10.8 Å². The molecule has 8 heteroatoms. The minimum absolute atomic E-state index is 0.00898. The van der Waals surface area contributed by atoms with Crippen molar-refractivity contribution in [2.75, 3.05) is 17.8 Å². The Morgan fingerprint density at radius 1 is 1.22 bits per heavy atom. The number of amides is 1. The number of nitrogens with zero attached hydrogens (tertiary/aromatic N) is 1. The van der Waals surface area contributed by atoms with Crippen LogP contribution in [0.4, 0.5) is 8.78 Å². The monoisotopic (exact) mass is 600 g/mol. The highest BCUT2D eigenvalue weighted by Crippen LogP contribution is 2.64. The first-order valence-corrected chi connectivity index (χ1v) is 17.9. The summed E-state index contributed by atoms with van der Waals surface area (Å²) in [6, 6.07) is 6.72. The van der Waals surface area contributed by atoms with E-state index >= 15 is 0 Å². The Bertz CT molecular complexity index is 1240. The predicted octanol–water partition coefficient (Wildman–Crippen LogP) is 8.20. The zero-order valence-corrected chi connectivity index (χ0v) is 27.8. The highest BCUT2D eigenvalue weighted by atomic mass is 32.3. The lowest BCUT2D eigenvalue weighted by atomic mass is 9.74. The third-order valence-corrected chi connectivity index (χ3v) is 11.8. The summed E-state index contributed by atoms with van der Waals surface area (Å²) in [4.78, 5) is 17.7. The number of carbonyl (C=O) groups excluding carboxylic acids is 1. The van der Waals surface area contributed by atoms with E-state index in [1.54, 1.807) is 27.6 Å². The maximum atomic E-state index is 13.8. The Balaban J connectivity index is 0.000000317. The molecule has 2 radical (unpaired) electrons. The second-order valence-corrected chi connectivity index (χ2v) is 17.0. The molecule has 1 aliphatic carbocycles. The first-order chi connectivity index (χ1) is 19.2. The highest BCUT2D eigenvalue weighted by Gasteiger charge is 2.37. The zero-order valence-electron chi connectivity index (χ0n) is 25.8. The Kier molecular flexibility index (Phi) is 11.3. The maximum absolute atomic E-state index is 13.8. The largest absolute Gasteiger partial charge is 0.326 e. The lowest BCUT2D eigenvalue weighted by molar-refractivity contribution is -0.131. The third kappa shape index (κ3) is 8.89. The summed E-state index contributed by atoms with van der Waals surface area (Å²) in [7, 11) is 6.77. The number of halogens is 2. The zero-order chi connectivity index (χ0) is 30.6. The van der Waals surface area contributed by atoms with Crippen molar-refractivity contribution in [2.45, 2.75) is 96.2 Å². The van der Waals surface area contributed by atoms with Gasteiger partial charge in [-0.05, 0) is 92.2 Å². The van der Waals surface area contributed by atoms with Crippen LogP contribution in [-0.4, -0.2) is 36.5 Å². The smallest absolute Gasteiger partial charge is 0.283 e. The Morgan fingerprint density at radius 3 is 2.37 bits per heavy atom. The van der Waals surface area contributed by atoms with Gasteiger partial charge in [-0.3, -0.25) is 9.78 Å². The average Bonchev–Trinajstić information content (AvgIpc) is 3.83. The first kappa shape index (κ1) is 33.8. The Hall–Kier alpha value is -1.72. The van der Waals surface area contributed by atoms with E-state index in [0.29, 0.717) is 11.6 Å². The van der Waals surface area contributed by atoms with E-state index in [1.165, 1.54) is 28.2 Å². The number of aryl methyl sites for hydroxylation is 1. The predicted molar refractivity (Wildman–Crippen MR) is 177 cm³/mol. The van der Waals surface area contributed by atoms with Gasteiger partial charge in [0.2, 0.25) is 5.91 Å². The van der Waals surface area contributed by atoms with Gasteiger partial charge >= 0.3 is 0 Å². The fraction of sp³-hybridized carbons (Fsp3) is 0.576. The fourth-order valence-corrected chi connectivity index (χ4v) is 8.15. The molecule has 2 atom stereocenters. The van der Waals surface area contributed by atoms with Gasteiger partial charge in [-0.15, -0.1) is 0 Å². The summed E-state index contributed by atoms with van der Waals surface area (Å²) >= 11 is 0. The molecule has 2 fully saturated rings. The molecule has 2 unspecified atom stereocenters. The van der Waals surface area contributed by atoms with Crippen molar-refractivity contribution in [1.82, 2.24) is 10.3 Å². The van der Waals surface area contributed by atoms with Gasteiger partial charge in [-0.25, -0.2) is 0 Å². The first-order valence-electron chi connectivity index (χ1n) is 14.9. The number of rotatable bonds is 12. The van der Waals surface area contributed by atoms with E-state index in [0.717, 1.165) is 61.5 Å². The number of hydrogen-bond donors (Lipinski definition) is 1. The van der Waals surface area contributed by atoms with E-state index < -0.39 is 21.1 Å². The normalized spacial score (nSPS) is 18.1. The molecule has 0 bridgehead atoms. The average molecular weight is 601 g/mol. The van der Waals surface area contributed by atoms with Crippen LogP contribution in [0.1, 0.15) is 101 Å². The van der Waals surface area contributed by atoms with Gasteiger partial charge < -0.3 is 5.32 Å². The quantitative estimate of drug-likeness (QED) is 0.152. The Labute approximate surface area is 252 Å². The molecule has 1 aromatic carbocycles. The van der Waals surface area contributed by atoms with Crippen molar-refractivity contribution >= 4 is 44.2 Å². The van der Waals surface area contributed by atoms with Crippen LogP contribution in [0.5, 0.6) is 0 Å². The highest BCUT2D eigenvalue weighted by molar-refractivity contribution is 8.38. The molecule has 4 rings (SSSR count). The van der Waals surface area contributed by atoms with Crippen LogP contribution in [0.25, 0.3) is 5.70 Å². The molecule has 3 nitrogen and oxygen atoms in total. The second kappa shape index (κ2) is 13.7. The molecule has 1 aromatic heterocycles. The van der Waals surface area contributed by atoms with Gasteiger partial charge in [0.1, 0.15) is 7.85 Å². The van der Waals surface area contributed by atoms with Crippen LogP contribution in [0, 0.1) is 18.3 Å². The maximum Gasteiger partial charge on any atom is 0.283 e. The van der Waals surface area contributed by atoms with Crippen molar-refractivity contribution in [3.8, 4) is 0 Å². The molecule has 224 valence electrons. The molecule has 1 saturated heterocycles. The third-order valence-electron chi connectivity index (χ3n) is 8.47. The van der Waals surface area contributed by atoms with Crippen LogP contribution in [0.3, 0.4) is 0 Å². The van der Waals surface area contributed by atoms with E-state index in [1.807, 2.05) is 6.07 Å². The number of carbonyl (C=O) groups is 1. The van der Waals surface area contributed by atoms with Gasteiger partial charge in [0, 0.05) is 28.4 Å². The SMILES string of the molecule is C=C(NC(=O)C(CC)(CCC)CCC(C)C)c1ccc(C(F)(F)P)cc1C1CC1.[B]c1cnc(S2(C)CC2)c(C)c1. The van der Waals surface area contributed by atoms with Gasteiger partial charge in [-0.2, -0.15) is 18.8 Å². The fourth-order valence-electron chi connectivity index (χ4n) is 5.44. The molecule has 2 heterocycles.